The Bertz CT molecular complexity index is 1030. The van der Waals surface area contributed by atoms with E-state index in [1.807, 2.05) is 36.9 Å². The van der Waals surface area contributed by atoms with Gasteiger partial charge in [-0.2, -0.15) is 0 Å². The van der Waals surface area contributed by atoms with Crippen LogP contribution in [0.1, 0.15) is 75.9 Å². The fourth-order valence-corrected chi connectivity index (χ4v) is 4.95. The summed E-state index contributed by atoms with van der Waals surface area (Å²) < 4.78 is 0. The largest absolute Gasteiger partial charge is 0.342 e. The molecule has 33 heavy (non-hydrogen) atoms. The van der Waals surface area contributed by atoms with Crippen LogP contribution in [0, 0.1) is 19.8 Å². The van der Waals surface area contributed by atoms with Crippen molar-refractivity contribution in [2.75, 3.05) is 26.2 Å². The van der Waals surface area contributed by atoms with Gasteiger partial charge in [0.15, 0.2) is 5.78 Å². The second kappa shape index (κ2) is 10.3. The minimum Gasteiger partial charge on any atom is -0.342 e. The number of rotatable bonds is 4. The molecule has 2 fully saturated rings. The summed E-state index contributed by atoms with van der Waals surface area (Å²) in [5.41, 5.74) is 3.67. The average molecular weight is 447 g/mol. The van der Waals surface area contributed by atoms with Crippen LogP contribution in [-0.4, -0.2) is 53.6 Å². The molecule has 4 rings (SSSR count). The van der Waals surface area contributed by atoms with E-state index in [1.165, 1.54) is 12.8 Å². The van der Waals surface area contributed by atoms with Crippen molar-refractivity contribution >= 4 is 17.6 Å². The molecule has 0 N–H and O–H groups in total. The first kappa shape index (κ1) is 23.2. The molecular weight excluding hydrogens is 412 g/mol. The van der Waals surface area contributed by atoms with Crippen LogP contribution in [0.4, 0.5) is 0 Å². The standard InChI is InChI=1S/C28H34N2O3/c1-20-11-12-23(19-21(20)2)26(31)24-9-5-6-10-25(24)28(33)30-17-13-22(14-18-30)27(32)29-15-7-3-4-8-16-29/h5-6,9-12,19,22H,3-4,7-8,13-18H2,1-2H3. The summed E-state index contributed by atoms with van der Waals surface area (Å²) in [6, 6.07) is 12.7. The summed E-state index contributed by atoms with van der Waals surface area (Å²) in [5, 5.41) is 0. The highest BCUT2D eigenvalue weighted by Crippen LogP contribution is 2.25. The lowest BCUT2D eigenvalue weighted by atomic mass is 9.93. The van der Waals surface area contributed by atoms with E-state index in [-0.39, 0.29) is 23.5 Å². The molecule has 0 atom stereocenters. The molecule has 174 valence electrons. The Morgan fingerprint density at radius 2 is 1.36 bits per heavy atom. The van der Waals surface area contributed by atoms with Gasteiger partial charge in [-0.05, 0) is 62.8 Å². The molecule has 0 aliphatic carbocycles. The number of carbonyl (C=O) groups excluding carboxylic acids is 3. The minimum absolute atomic E-state index is 0.000408. The van der Waals surface area contributed by atoms with Gasteiger partial charge < -0.3 is 9.80 Å². The first-order valence-electron chi connectivity index (χ1n) is 12.2. The van der Waals surface area contributed by atoms with Gasteiger partial charge in [-0.15, -0.1) is 0 Å². The van der Waals surface area contributed by atoms with E-state index in [0.29, 0.717) is 42.6 Å². The molecule has 5 heteroatoms. The van der Waals surface area contributed by atoms with Gasteiger partial charge in [0.25, 0.3) is 5.91 Å². The number of ketones is 1. The van der Waals surface area contributed by atoms with E-state index < -0.39 is 0 Å². The van der Waals surface area contributed by atoms with Crippen molar-refractivity contribution < 1.29 is 14.4 Å². The molecule has 0 saturated carbocycles. The Morgan fingerprint density at radius 1 is 0.727 bits per heavy atom. The van der Waals surface area contributed by atoms with Crippen LogP contribution < -0.4 is 0 Å². The maximum absolute atomic E-state index is 13.4. The number of likely N-dealkylation sites (tertiary alicyclic amines) is 2. The van der Waals surface area contributed by atoms with Crippen molar-refractivity contribution in [2.24, 2.45) is 5.92 Å². The van der Waals surface area contributed by atoms with Crippen molar-refractivity contribution in [1.82, 2.24) is 9.80 Å². The Balaban J connectivity index is 1.44. The highest BCUT2D eigenvalue weighted by Gasteiger charge is 2.31. The number of piperidine rings is 1. The molecule has 2 saturated heterocycles. The molecular formula is C28H34N2O3. The molecule has 0 unspecified atom stereocenters. The molecule has 2 aromatic carbocycles. The number of hydrogen-bond acceptors (Lipinski definition) is 3. The van der Waals surface area contributed by atoms with Crippen LogP contribution in [-0.2, 0) is 4.79 Å². The van der Waals surface area contributed by atoms with Gasteiger partial charge in [-0.25, -0.2) is 0 Å². The maximum atomic E-state index is 13.4. The molecule has 2 aliphatic rings. The summed E-state index contributed by atoms with van der Waals surface area (Å²) >= 11 is 0. The Kier molecular flexibility index (Phi) is 7.26. The van der Waals surface area contributed by atoms with Gasteiger partial charge in [0.1, 0.15) is 0 Å². The summed E-state index contributed by atoms with van der Waals surface area (Å²) in [7, 11) is 0. The Morgan fingerprint density at radius 3 is 2.00 bits per heavy atom. The van der Waals surface area contributed by atoms with Crippen molar-refractivity contribution in [2.45, 2.75) is 52.4 Å². The van der Waals surface area contributed by atoms with E-state index >= 15 is 0 Å². The van der Waals surface area contributed by atoms with E-state index in [9.17, 15) is 14.4 Å². The van der Waals surface area contributed by atoms with E-state index in [1.54, 1.807) is 29.2 Å². The third-order valence-electron chi connectivity index (χ3n) is 7.22. The lowest BCUT2D eigenvalue weighted by Gasteiger charge is -2.34. The van der Waals surface area contributed by atoms with Crippen LogP contribution in [0.25, 0.3) is 0 Å². The topological polar surface area (TPSA) is 57.7 Å². The number of aryl methyl sites for hydroxylation is 2. The third-order valence-corrected chi connectivity index (χ3v) is 7.22. The highest BCUT2D eigenvalue weighted by atomic mass is 16.2. The molecule has 0 radical (unpaired) electrons. The molecule has 0 bridgehead atoms. The summed E-state index contributed by atoms with van der Waals surface area (Å²) in [6.07, 6.45) is 5.97. The fraction of sp³-hybridized carbons (Fsp3) is 0.464. The number of nitrogens with zero attached hydrogens (tertiary/aromatic N) is 2. The first-order valence-corrected chi connectivity index (χ1v) is 12.2. The zero-order valence-corrected chi connectivity index (χ0v) is 19.8. The van der Waals surface area contributed by atoms with Crippen molar-refractivity contribution in [3.8, 4) is 0 Å². The van der Waals surface area contributed by atoms with Gasteiger partial charge >= 0.3 is 0 Å². The number of carbonyl (C=O) groups is 3. The minimum atomic E-state index is -0.131. The van der Waals surface area contributed by atoms with Gasteiger partial charge in [-0.3, -0.25) is 14.4 Å². The molecule has 2 aromatic rings. The predicted molar refractivity (Wildman–Crippen MR) is 129 cm³/mol. The van der Waals surface area contributed by atoms with Gasteiger partial charge in [0, 0.05) is 43.2 Å². The fourth-order valence-electron chi connectivity index (χ4n) is 4.95. The van der Waals surface area contributed by atoms with Crippen LogP contribution in [0.15, 0.2) is 42.5 Å². The van der Waals surface area contributed by atoms with Gasteiger partial charge in [0.2, 0.25) is 5.91 Å². The highest BCUT2D eigenvalue weighted by molar-refractivity contribution is 6.15. The zero-order valence-electron chi connectivity index (χ0n) is 19.8. The van der Waals surface area contributed by atoms with E-state index in [2.05, 4.69) is 0 Å². The lowest BCUT2D eigenvalue weighted by molar-refractivity contribution is -0.136. The first-order chi connectivity index (χ1) is 16.0. The van der Waals surface area contributed by atoms with Gasteiger partial charge in [-0.1, -0.05) is 43.2 Å². The van der Waals surface area contributed by atoms with Crippen molar-refractivity contribution in [3.05, 3.63) is 70.3 Å². The number of amides is 2. The smallest absolute Gasteiger partial charge is 0.254 e. The molecule has 2 aliphatic heterocycles. The molecule has 0 aromatic heterocycles. The Hall–Kier alpha value is -2.95. The summed E-state index contributed by atoms with van der Waals surface area (Å²) in [6.45, 7) is 6.84. The lowest BCUT2D eigenvalue weighted by Crippen LogP contribution is -2.45. The van der Waals surface area contributed by atoms with Crippen molar-refractivity contribution in [1.29, 1.82) is 0 Å². The number of benzene rings is 2. The molecule has 0 spiro atoms. The Labute approximate surface area is 196 Å². The van der Waals surface area contributed by atoms with Crippen molar-refractivity contribution in [3.63, 3.8) is 0 Å². The van der Waals surface area contributed by atoms with Gasteiger partial charge in [0.05, 0.1) is 5.56 Å². The zero-order chi connectivity index (χ0) is 23.4. The number of hydrogen-bond donors (Lipinski definition) is 0. The van der Waals surface area contributed by atoms with Crippen LogP contribution >= 0.6 is 0 Å². The van der Waals surface area contributed by atoms with Crippen LogP contribution in [0.2, 0.25) is 0 Å². The summed E-state index contributed by atoms with van der Waals surface area (Å²) in [4.78, 5) is 43.4. The van der Waals surface area contributed by atoms with E-state index in [0.717, 1.165) is 37.1 Å². The predicted octanol–water partition coefficient (Wildman–Crippen LogP) is 4.79. The quantitative estimate of drug-likeness (QED) is 0.635. The van der Waals surface area contributed by atoms with Crippen LogP contribution in [0.3, 0.4) is 0 Å². The normalized spacial score (nSPS) is 17.5. The monoisotopic (exact) mass is 446 g/mol. The molecule has 2 amide bonds. The maximum Gasteiger partial charge on any atom is 0.254 e. The van der Waals surface area contributed by atoms with Crippen LogP contribution in [0.5, 0.6) is 0 Å². The third kappa shape index (κ3) is 5.18. The molecule has 5 nitrogen and oxygen atoms in total. The second-order valence-electron chi connectivity index (χ2n) is 9.48. The summed E-state index contributed by atoms with van der Waals surface area (Å²) in [5.74, 6) is 0.00519. The average Bonchev–Trinajstić information content (AvgIpc) is 3.14. The second-order valence-corrected chi connectivity index (χ2v) is 9.48. The van der Waals surface area contributed by atoms with E-state index in [4.69, 9.17) is 0 Å². The molecule has 2 heterocycles. The SMILES string of the molecule is Cc1ccc(C(=O)c2ccccc2C(=O)N2CCC(C(=O)N3CCCCCC3)CC2)cc1C.